The van der Waals surface area contributed by atoms with Gasteiger partial charge in [-0.05, 0) is 57.0 Å². The number of carbonyl (C=O) groups is 1. The number of aryl methyl sites for hydroxylation is 2. The summed E-state index contributed by atoms with van der Waals surface area (Å²) >= 11 is 0. The van der Waals surface area contributed by atoms with E-state index < -0.39 is 6.04 Å². The Bertz CT molecular complexity index is 765. The lowest BCUT2D eigenvalue weighted by Crippen LogP contribution is -2.31. The molecule has 1 aromatic heterocycles. The van der Waals surface area contributed by atoms with Crippen molar-refractivity contribution in [2.45, 2.75) is 33.7 Å². The maximum Gasteiger partial charge on any atom is 0.293 e. The van der Waals surface area contributed by atoms with E-state index in [1.54, 1.807) is 25.3 Å². The van der Waals surface area contributed by atoms with Crippen LogP contribution in [-0.2, 0) is 4.79 Å². The van der Waals surface area contributed by atoms with Gasteiger partial charge < -0.3 is 14.6 Å². The van der Waals surface area contributed by atoms with Gasteiger partial charge in [-0.1, -0.05) is 12.1 Å². The van der Waals surface area contributed by atoms with E-state index in [1.165, 1.54) is 4.57 Å². The Morgan fingerprint density at radius 1 is 1.30 bits per heavy atom. The molecule has 0 fully saturated rings. The molecule has 2 rings (SSSR count). The van der Waals surface area contributed by atoms with Crippen molar-refractivity contribution < 1.29 is 9.53 Å². The van der Waals surface area contributed by atoms with Crippen molar-refractivity contribution in [3.05, 3.63) is 58.0 Å². The number of carbonyl (C=O) groups excluding carboxylic acids is 1. The summed E-state index contributed by atoms with van der Waals surface area (Å²) in [5, 5.41) is 2.89. The predicted octanol–water partition coefficient (Wildman–Crippen LogP) is 3.06. The zero-order valence-corrected chi connectivity index (χ0v) is 13.9. The van der Waals surface area contributed by atoms with Crippen molar-refractivity contribution in [3.8, 4) is 5.75 Å². The number of benzene rings is 1. The minimum atomic E-state index is -0.636. The van der Waals surface area contributed by atoms with Crippen LogP contribution in [0, 0.1) is 13.8 Å². The van der Waals surface area contributed by atoms with Gasteiger partial charge in [0.1, 0.15) is 6.04 Å². The maximum atomic E-state index is 12.5. The van der Waals surface area contributed by atoms with E-state index in [9.17, 15) is 9.59 Å². The van der Waals surface area contributed by atoms with Gasteiger partial charge in [-0.25, -0.2) is 0 Å². The number of aromatic nitrogens is 1. The highest BCUT2D eigenvalue weighted by Crippen LogP contribution is 2.18. The molecule has 1 heterocycles. The predicted molar refractivity (Wildman–Crippen MR) is 91.1 cm³/mol. The van der Waals surface area contributed by atoms with Gasteiger partial charge >= 0.3 is 0 Å². The van der Waals surface area contributed by atoms with Gasteiger partial charge in [0.25, 0.3) is 5.56 Å². The number of amides is 1. The van der Waals surface area contributed by atoms with Crippen LogP contribution < -0.4 is 15.6 Å². The average molecular weight is 314 g/mol. The van der Waals surface area contributed by atoms with Gasteiger partial charge in [0.2, 0.25) is 5.91 Å². The fourth-order valence-electron chi connectivity index (χ4n) is 2.29. The standard InChI is InChI=1S/C18H22N2O3/c1-5-23-16-7-6-10-20(18(16)22)14(4)17(21)19-15-11-12(2)8-9-13(15)3/h6-11,14H,5H2,1-4H3,(H,19,21). The molecule has 0 bridgehead atoms. The number of nitrogens with one attached hydrogen (secondary N) is 1. The summed E-state index contributed by atoms with van der Waals surface area (Å²) < 4.78 is 6.68. The maximum absolute atomic E-state index is 12.5. The Hall–Kier alpha value is -2.56. The first-order valence-electron chi connectivity index (χ1n) is 7.66. The van der Waals surface area contributed by atoms with Gasteiger partial charge in [-0.15, -0.1) is 0 Å². The average Bonchev–Trinajstić information content (AvgIpc) is 2.52. The van der Waals surface area contributed by atoms with Crippen molar-refractivity contribution in [2.75, 3.05) is 11.9 Å². The zero-order chi connectivity index (χ0) is 17.0. The van der Waals surface area contributed by atoms with Crippen LogP contribution in [0.25, 0.3) is 0 Å². The van der Waals surface area contributed by atoms with Gasteiger partial charge in [-0.2, -0.15) is 0 Å². The Kier molecular flexibility index (Phi) is 5.21. The smallest absolute Gasteiger partial charge is 0.293 e. The van der Waals surface area contributed by atoms with E-state index >= 15 is 0 Å². The van der Waals surface area contributed by atoms with Gasteiger partial charge in [0.15, 0.2) is 5.75 Å². The summed E-state index contributed by atoms with van der Waals surface area (Å²) in [5.74, 6) is 0.0100. The third-order valence-electron chi connectivity index (χ3n) is 3.69. The first-order valence-corrected chi connectivity index (χ1v) is 7.66. The number of anilines is 1. The highest BCUT2D eigenvalue weighted by atomic mass is 16.5. The van der Waals surface area contributed by atoms with Crippen molar-refractivity contribution in [1.82, 2.24) is 4.57 Å². The van der Waals surface area contributed by atoms with Gasteiger partial charge in [0.05, 0.1) is 6.61 Å². The monoisotopic (exact) mass is 314 g/mol. The number of nitrogens with zero attached hydrogens (tertiary/aromatic N) is 1. The topological polar surface area (TPSA) is 60.3 Å². The molecule has 1 aromatic carbocycles. The minimum absolute atomic E-state index is 0.241. The Balaban J connectivity index is 2.25. The van der Waals surface area contributed by atoms with Crippen LogP contribution in [0.5, 0.6) is 5.75 Å². The van der Waals surface area contributed by atoms with E-state index in [2.05, 4.69) is 5.32 Å². The molecule has 1 N–H and O–H groups in total. The number of hydrogen-bond donors (Lipinski definition) is 1. The van der Waals surface area contributed by atoms with Crippen molar-refractivity contribution >= 4 is 11.6 Å². The fourth-order valence-corrected chi connectivity index (χ4v) is 2.29. The van der Waals surface area contributed by atoms with Crippen LogP contribution in [0.4, 0.5) is 5.69 Å². The first kappa shape index (κ1) is 16.8. The summed E-state index contributed by atoms with van der Waals surface area (Å²) in [6.07, 6.45) is 1.60. The number of hydrogen-bond acceptors (Lipinski definition) is 3. The first-order chi connectivity index (χ1) is 10.9. The second-order valence-corrected chi connectivity index (χ2v) is 5.50. The van der Waals surface area contributed by atoms with Crippen LogP contribution in [0.15, 0.2) is 41.3 Å². The number of ether oxygens (including phenoxy) is 1. The molecule has 23 heavy (non-hydrogen) atoms. The molecular formula is C18H22N2O3. The molecule has 0 aliphatic rings. The molecule has 5 heteroatoms. The quantitative estimate of drug-likeness (QED) is 0.922. The summed E-state index contributed by atoms with van der Waals surface area (Å²) in [4.78, 5) is 24.8. The summed E-state index contributed by atoms with van der Waals surface area (Å²) in [7, 11) is 0. The normalized spacial score (nSPS) is 11.8. The Labute approximate surface area is 135 Å². The van der Waals surface area contributed by atoms with Crippen LogP contribution in [-0.4, -0.2) is 17.1 Å². The molecule has 122 valence electrons. The molecule has 0 saturated carbocycles. The Morgan fingerprint density at radius 2 is 2.04 bits per heavy atom. The van der Waals surface area contributed by atoms with E-state index in [0.717, 1.165) is 16.8 Å². The number of rotatable bonds is 5. The van der Waals surface area contributed by atoms with Crippen molar-refractivity contribution in [3.63, 3.8) is 0 Å². The molecule has 0 spiro atoms. The highest BCUT2D eigenvalue weighted by Gasteiger charge is 2.18. The fraction of sp³-hybridized carbons (Fsp3) is 0.333. The molecule has 0 saturated heterocycles. The van der Waals surface area contributed by atoms with Crippen LogP contribution in [0.2, 0.25) is 0 Å². The van der Waals surface area contributed by atoms with E-state index in [1.807, 2.05) is 39.0 Å². The third kappa shape index (κ3) is 3.80. The molecule has 1 amide bonds. The molecule has 0 aliphatic carbocycles. The lowest BCUT2D eigenvalue weighted by Gasteiger charge is -2.17. The largest absolute Gasteiger partial charge is 0.488 e. The van der Waals surface area contributed by atoms with Gasteiger partial charge in [-0.3, -0.25) is 9.59 Å². The van der Waals surface area contributed by atoms with E-state index in [-0.39, 0.29) is 17.2 Å². The molecule has 2 aromatic rings. The van der Waals surface area contributed by atoms with E-state index in [0.29, 0.717) is 6.61 Å². The lowest BCUT2D eigenvalue weighted by atomic mass is 10.1. The summed E-state index contributed by atoms with van der Waals surface area (Å²) in [5.41, 5.74) is 2.49. The van der Waals surface area contributed by atoms with Gasteiger partial charge in [0, 0.05) is 11.9 Å². The summed E-state index contributed by atoms with van der Waals surface area (Å²) in [6, 6.07) is 8.54. The second kappa shape index (κ2) is 7.13. The SMILES string of the molecule is CCOc1cccn(C(C)C(=O)Nc2cc(C)ccc2C)c1=O. The van der Waals surface area contributed by atoms with Crippen LogP contribution >= 0.6 is 0 Å². The molecule has 0 radical (unpaired) electrons. The molecular weight excluding hydrogens is 292 g/mol. The highest BCUT2D eigenvalue weighted by molar-refractivity contribution is 5.94. The van der Waals surface area contributed by atoms with Crippen molar-refractivity contribution in [2.24, 2.45) is 0 Å². The van der Waals surface area contributed by atoms with Crippen molar-refractivity contribution in [1.29, 1.82) is 0 Å². The lowest BCUT2D eigenvalue weighted by molar-refractivity contribution is -0.118. The number of pyridine rings is 1. The van der Waals surface area contributed by atoms with Crippen LogP contribution in [0.3, 0.4) is 0 Å². The zero-order valence-electron chi connectivity index (χ0n) is 13.9. The summed E-state index contributed by atoms with van der Waals surface area (Å²) in [6.45, 7) is 7.81. The van der Waals surface area contributed by atoms with E-state index in [4.69, 9.17) is 4.74 Å². The molecule has 1 unspecified atom stereocenters. The molecule has 1 atom stereocenters. The minimum Gasteiger partial charge on any atom is -0.488 e. The Morgan fingerprint density at radius 3 is 2.74 bits per heavy atom. The molecule has 5 nitrogen and oxygen atoms in total. The van der Waals surface area contributed by atoms with Crippen LogP contribution in [0.1, 0.15) is 31.0 Å². The third-order valence-corrected chi connectivity index (χ3v) is 3.69. The second-order valence-electron chi connectivity index (χ2n) is 5.50. The molecule has 0 aliphatic heterocycles.